The van der Waals surface area contributed by atoms with E-state index in [9.17, 15) is 0 Å². The molecule has 0 aromatic rings. The van der Waals surface area contributed by atoms with Crippen LogP contribution in [0.15, 0.2) is 12.7 Å². The van der Waals surface area contributed by atoms with E-state index >= 15 is 0 Å². The summed E-state index contributed by atoms with van der Waals surface area (Å²) in [5.41, 5.74) is 0. The molecule has 2 heteroatoms. The van der Waals surface area contributed by atoms with Crippen LogP contribution in [0.5, 0.6) is 0 Å². The fourth-order valence-corrected chi connectivity index (χ4v) is 2.82. The third-order valence-corrected chi connectivity index (χ3v) is 4.24. The van der Waals surface area contributed by atoms with Gasteiger partial charge in [-0.15, -0.1) is 0 Å². The molecule has 0 amide bonds. The molecule has 0 N–H and O–H groups in total. The van der Waals surface area contributed by atoms with Crippen molar-refractivity contribution in [2.75, 3.05) is 27.2 Å². The predicted molar refractivity (Wildman–Crippen MR) is 93.1 cm³/mol. The van der Waals surface area contributed by atoms with Gasteiger partial charge in [0.1, 0.15) is 0 Å². The van der Waals surface area contributed by atoms with Gasteiger partial charge in [-0.05, 0) is 18.9 Å². The van der Waals surface area contributed by atoms with Crippen molar-refractivity contribution in [2.24, 2.45) is 0 Å². The summed E-state index contributed by atoms with van der Waals surface area (Å²) in [6.07, 6.45) is 19.3. The van der Waals surface area contributed by atoms with Gasteiger partial charge in [-0.2, -0.15) is 0 Å². The molecule has 0 saturated carbocycles. The zero-order chi connectivity index (χ0) is 15.1. The fraction of sp³-hybridized carbons (Fsp3) is 0.895. The van der Waals surface area contributed by atoms with Crippen LogP contribution >= 0.6 is 0 Å². The van der Waals surface area contributed by atoms with Gasteiger partial charge < -0.3 is 16.9 Å². The quantitative estimate of drug-likeness (QED) is 0.247. The van der Waals surface area contributed by atoms with Gasteiger partial charge in [0.15, 0.2) is 0 Å². The van der Waals surface area contributed by atoms with Gasteiger partial charge in [-0.1, -0.05) is 77.7 Å². The highest BCUT2D eigenvalue weighted by molar-refractivity contribution is 4.64. The van der Waals surface area contributed by atoms with Crippen LogP contribution in [-0.4, -0.2) is 31.7 Å². The second kappa shape index (κ2) is 16.4. The van der Waals surface area contributed by atoms with Crippen molar-refractivity contribution in [2.45, 2.75) is 84.0 Å². The second-order valence-electron chi connectivity index (χ2n) is 7.02. The molecule has 0 fully saturated rings. The molecule has 0 aliphatic carbocycles. The van der Waals surface area contributed by atoms with Crippen LogP contribution in [0.4, 0.5) is 0 Å². The third kappa shape index (κ3) is 17.9. The summed E-state index contributed by atoms with van der Waals surface area (Å²) < 4.78 is 1.10. The van der Waals surface area contributed by atoms with Crippen LogP contribution < -0.4 is 12.4 Å². The van der Waals surface area contributed by atoms with Crippen molar-refractivity contribution in [3.8, 4) is 0 Å². The van der Waals surface area contributed by atoms with Crippen molar-refractivity contribution in [3.05, 3.63) is 12.7 Å². The molecule has 0 spiro atoms. The molecule has 1 nitrogen and oxygen atoms in total. The normalized spacial score (nSPS) is 11.2. The van der Waals surface area contributed by atoms with E-state index in [1.807, 2.05) is 6.08 Å². The van der Waals surface area contributed by atoms with Gasteiger partial charge in [-0.25, -0.2) is 0 Å². The van der Waals surface area contributed by atoms with Gasteiger partial charge in [0.25, 0.3) is 0 Å². The van der Waals surface area contributed by atoms with E-state index in [2.05, 4.69) is 27.6 Å². The number of hydrogen-bond acceptors (Lipinski definition) is 0. The lowest BCUT2D eigenvalue weighted by molar-refractivity contribution is -0.884. The minimum Gasteiger partial charge on any atom is -1.00 e. The highest BCUT2D eigenvalue weighted by atomic mass is 35.5. The van der Waals surface area contributed by atoms with Crippen LogP contribution in [0.1, 0.15) is 84.0 Å². The SMILES string of the molecule is C=CC[N+](C)(C)CCCCCCCCCCCCCC.[Cl-]. The summed E-state index contributed by atoms with van der Waals surface area (Å²) in [7, 11) is 4.61. The van der Waals surface area contributed by atoms with Gasteiger partial charge in [0.2, 0.25) is 0 Å². The molecule has 0 aromatic heterocycles. The zero-order valence-electron chi connectivity index (χ0n) is 15.0. The molecule has 0 unspecified atom stereocenters. The number of nitrogens with zero attached hydrogens (tertiary/aromatic N) is 1. The number of quaternary nitrogens is 1. The molecule has 0 bridgehead atoms. The molecule has 0 aromatic carbocycles. The largest absolute Gasteiger partial charge is 1.00 e. The monoisotopic (exact) mass is 317 g/mol. The van der Waals surface area contributed by atoms with Crippen LogP contribution in [0.2, 0.25) is 0 Å². The Labute approximate surface area is 141 Å². The summed E-state index contributed by atoms with van der Waals surface area (Å²) in [5, 5.41) is 0. The maximum Gasteiger partial charge on any atom is 0.0966 e. The summed E-state index contributed by atoms with van der Waals surface area (Å²) in [5.74, 6) is 0. The molecule has 128 valence electrons. The van der Waals surface area contributed by atoms with Gasteiger partial charge in [0, 0.05) is 0 Å². The van der Waals surface area contributed by atoms with Crippen molar-refractivity contribution in [1.82, 2.24) is 0 Å². The van der Waals surface area contributed by atoms with E-state index in [1.54, 1.807) is 0 Å². The number of hydrogen-bond donors (Lipinski definition) is 0. The van der Waals surface area contributed by atoms with Crippen molar-refractivity contribution < 1.29 is 16.9 Å². The van der Waals surface area contributed by atoms with Crippen molar-refractivity contribution in [3.63, 3.8) is 0 Å². The average molecular weight is 318 g/mol. The smallest absolute Gasteiger partial charge is 0.0966 e. The van der Waals surface area contributed by atoms with E-state index < -0.39 is 0 Å². The molecular formula is C19H40ClN. The molecule has 0 rings (SSSR count). The average Bonchev–Trinajstić information content (AvgIpc) is 2.40. The predicted octanol–water partition coefficient (Wildman–Crippen LogP) is 2.95. The maximum absolute atomic E-state index is 3.84. The molecule has 0 saturated heterocycles. The standard InChI is InChI=1S/C19H40N.ClH/c1-5-7-8-9-10-11-12-13-14-15-16-17-19-20(3,4)18-6-2;/h6H,2,5,7-19H2,1,3-4H3;1H/q+1;/p-1. The molecule has 0 aliphatic rings. The number of rotatable bonds is 15. The van der Waals surface area contributed by atoms with Crippen LogP contribution in [0, 0.1) is 0 Å². The van der Waals surface area contributed by atoms with Gasteiger partial charge in [0.05, 0.1) is 27.2 Å². The van der Waals surface area contributed by atoms with Crippen molar-refractivity contribution >= 4 is 0 Å². The van der Waals surface area contributed by atoms with Crippen LogP contribution in [0.3, 0.4) is 0 Å². The van der Waals surface area contributed by atoms with E-state index in [-0.39, 0.29) is 12.4 Å². The first-order chi connectivity index (χ1) is 9.62. The first kappa shape index (κ1) is 23.3. The minimum atomic E-state index is 0. The zero-order valence-corrected chi connectivity index (χ0v) is 15.8. The lowest BCUT2D eigenvalue weighted by atomic mass is 10.1. The molecule has 0 atom stereocenters. The Bertz CT molecular complexity index is 214. The highest BCUT2D eigenvalue weighted by Gasteiger charge is 2.10. The highest BCUT2D eigenvalue weighted by Crippen LogP contribution is 2.12. The van der Waals surface area contributed by atoms with Crippen molar-refractivity contribution in [1.29, 1.82) is 0 Å². The Kier molecular flexibility index (Phi) is 18.1. The number of halogens is 1. The molecular weight excluding hydrogens is 278 g/mol. The Balaban J connectivity index is 0. The van der Waals surface area contributed by atoms with E-state index in [0.29, 0.717) is 0 Å². The number of unbranched alkanes of at least 4 members (excludes halogenated alkanes) is 11. The Morgan fingerprint density at radius 3 is 1.48 bits per heavy atom. The first-order valence-corrected chi connectivity index (χ1v) is 9.05. The van der Waals surface area contributed by atoms with Gasteiger partial charge >= 0.3 is 0 Å². The molecule has 0 heterocycles. The Hall–Kier alpha value is -0.0100. The summed E-state index contributed by atoms with van der Waals surface area (Å²) in [6.45, 7) is 8.52. The summed E-state index contributed by atoms with van der Waals surface area (Å²) in [6, 6.07) is 0. The van der Waals surface area contributed by atoms with E-state index in [0.717, 1.165) is 11.0 Å². The molecule has 0 aliphatic heterocycles. The first-order valence-electron chi connectivity index (χ1n) is 9.05. The maximum atomic E-state index is 3.84. The minimum absolute atomic E-state index is 0. The fourth-order valence-electron chi connectivity index (χ4n) is 2.82. The molecule has 21 heavy (non-hydrogen) atoms. The van der Waals surface area contributed by atoms with Crippen LogP contribution in [-0.2, 0) is 0 Å². The lowest BCUT2D eigenvalue weighted by Gasteiger charge is -2.28. The van der Waals surface area contributed by atoms with E-state index in [4.69, 9.17) is 0 Å². The topological polar surface area (TPSA) is 0 Å². The lowest BCUT2D eigenvalue weighted by Crippen LogP contribution is -3.00. The number of likely N-dealkylation sites (N-methyl/N-ethyl adjacent to an activating group) is 1. The summed E-state index contributed by atoms with van der Waals surface area (Å²) in [4.78, 5) is 0. The van der Waals surface area contributed by atoms with Crippen LogP contribution in [0.25, 0.3) is 0 Å². The van der Waals surface area contributed by atoms with Gasteiger partial charge in [-0.3, -0.25) is 0 Å². The molecule has 0 radical (unpaired) electrons. The third-order valence-electron chi connectivity index (χ3n) is 4.24. The second-order valence-corrected chi connectivity index (χ2v) is 7.02. The summed E-state index contributed by atoms with van der Waals surface area (Å²) >= 11 is 0. The Morgan fingerprint density at radius 2 is 1.10 bits per heavy atom. The van der Waals surface area contributed by atoms with E-state index in [1.165, 1.54) is 83.6 Å². The Morgan fingerprint density at radius 1 is 0.714 bits per heavy atom.